The summed E-state index contributed by atoms with van der Waals surface area (Å²) in [4.78, 5) is 16.6. The smallest absolute Gasteiger partial charge is 0.256 e. The minimum absolute atomic E-state index is 0.0460. The van der Waals surface area contributed by atoms with Crippen LogP contribution in [-0.2, 0) is 9.63 Å². The molecule has 1 fully saturated rings. The van der Waals surface area contributed by atoms with Crippen molar-refractivity contribution < 1.29 is 14.7 Å². The lowest BCUT2D eigenvalue weighted by Crippen LogP contribution is -2.27. The fourth-order valence-electron chi connectivity index (χ4n) is 1.41. The molecule has 1 heterocycles. The summed E-state index contributed by atoms with van der Waals surface area (Å²) < 4.78 is 0. The summed E-state index contributed by atoms with van der Waals surface area (Å²) in [5.74, 6) is -1.70. The van der Waals surface area contributed by atoms with E-state index in [0.29, 0.717) is 10.7 Å². The maximum atomic E-state index is 11.5. The standard InChI is InChI=1S/C10H10ClNO3/c1-10(14)6-9(13)12(15-10)8-4-2-7(11)3-5-8/h2-5,14H,6H2,1H3. The van der Waals surface area contributed by atoms with Crippen molar-refractivity contribution in [3.63, 3.8) is 0 Å². The number of halogens is 1. The lowest BCUT2D eigenvalue weighted by Gasteiger charge is -2.18. The molecular formula is C10H10ClNO3. The topological polar surface area (TPSA) is 49.8 Å². The van der Waals surface area contributed by atoms with E-state index in [0.717, 1.165) is 5.06 Å². The van der Waals surface area contributed by atoms with E-state index >= 15 is 0 Å². The number of hydrogen-bond acceptors (Lipinski definition) is 3. The average Bonchev–Trinajstić information content (AvgIpc) is 2.41. The van der Waals surface area contributed by atoms with Crippen LogP contribution in [0, 0.1) is 0 Å². The van der Waals surface area contributed by atoms with Gasteiger partial charge in [-0.25, -0.2) is 4.84 Å². The van der Waals surface area contributed by atoms with Gasteiger partial charge in [0.05, 0.1) is 12.1 Å². The first-order chi connectivity index (χ1) is 6.98. The summed E-state index contributed by atoms with van der Waals surface area (Å²) in [6.45, 7) is 1.45. The summed E-state index contributed by atoms with van der Waals surface area (Å²) in [6.07, 6.45) is -0.0460. The minimum atomic E-state index is -1.42. The Morgan fingerprint density at radius 2 is 2.07 bits per heavy atom. The zero-order chi connectivity index (χ0) is 11.1. The number of rotatable bonds is 1. The molecule has 0 radical (unpaired) electrons. The number of carbonyl (C=O) groups excluding carboxylic acids is 1. The van der Waals surface area contributed by atoms with Crippen LogP contribution >= 0.6 is 11.6 Å². The maximum absolute atomic E-state index is 11.5. The Labute approximate surface area is 92.0 Å². The zero-order valence-corrected chi connectivity index (χ0v) is 8.86. The van der Waals surface area contributed by atoms with Gasteiger partial charge in [-0.2, -0.15) is 5.06 Å². The molecule has 1 aliphatic rings. The second kappa shape index (κ2) is 3.48. The summed E-state index contributed by atoms with van der Waals surface area (Å²) in [7, 11) is 0. The highest BCUT2D eigenvalue weighted by atomic mass is 35.5. The largest absolute Gasteiger partial charge is 0.363 e. The van der Waals surface area contributed by atoms with Crippen molar-refractivity contribution in [1.29, 1.82) is 0 Å². The van der Waals surface area contributed by atoms with Gasteiger partial charge < -0.3 is 5.11 Å². The maximum Gasteiger partial charge on any atom is 0.256 e. The molecule has 1 N–H and O–H groups in total. The van der Waals surface area contributed by atoms with Crippen LogP contribution in [0.25, 0.3) is 0 Å². The fourth-order valence-corrected chi connectivity index (χ4v) is 1.53. The highest BCUT2D eigenvalue weighted by Crippen LogP contribution is 2.29. The van der Waals surface area contributed by atoms with Crippen molar-refractivity contribution in [3.8, 4) is 0 Å². The first-order valence-electron chi connectivity index (χ1n) is 4.48. The number of carbonyl (C=O) groups is 1. The Morgan fingerprint density at radius 3 is 2.53 bits per heavy atom. The van der Waals surface area contributed by atoms with Gasteiger partial charge in [0.1, 0.15) is 0 Å². The molecule has 15 heavy (non-hydrogen) atoms. The number of nitrogens with zero attached hydrogens (tertiary/aromatic N) is 1. The molecular weight excluding hydrogens is 218 g/mol. The number of amides is 1. The number of hydrogen-bond donors (Lipinski definition) is 1. The molecule has 1 aromatic rings. The number of benzene rings is 1. The summed E-state index contributed by atoms with van der Waals surface area (Å²) in [5, 5.41) is 11.2. The number of anilines is 1. The molecule has 0 spiro atoms. The Bertz CT molecular complexity index is 388. The second-order valence-corrected chi connectivity index (χ2v) is 4.04. The highest BCUT2D eigenvalue weighted by molar-refractivity contribution is 6.30. The predicted molar refractivity (Wildman–Crippen MR) is 55.3 cm³/mol. The normalized spacial score (nSPS) is 26.1. The SMILES string of the molecule is CC1(O)CC(=O)N(c2ccc(Cl)cc2)O1. The minimum Gasteiger partial charge on any atom is -0.363 e. The van der Waals surface area contributed by atoms with E-state index < -0.39 is 5.79 Å². The third-order valence-corrected chi connectivity index (χ3v) is 2.31. The van der Waals surface area contributed by atoms with E-state index in [4.69, 9.17) is 16.4 Å². The van der Waals surface area contributed by atoms with E-state index in [-0.39, 0.29) is 12.3 Å². The van der Waals surface area contributed by atoms with E-state index in [1.54, 1.807) is 24.3 Å². The molecule has 1 amide bonds. The third kappa shape index (κ3) is 2.12. The summed E-state index contributed by atoms with van der Waals surface area (Å²) in [6, 6.07) is 6.62. The van der Waals surface area contributed by atoms with Crippen molar-refractivity contribution in [2.24, 2.45) is 0 Å². The van der Waals surface area contributed by atoms with Crippen LogP contribution in [0.4, 0.5) is 5.69 Å². The molecule has 1 atom stereocenters. The quantitative estimate of drug-likeness (QED) is 0.795. The van der Waals surface area contributed by atoms with Crippen molar-refractivity contribution in [2.75, 3.05) is 5.06 Å². The molecule has 1 saturated heterocycles. The van der Waals surface area contributed by atoms with Crippen LogP contribution in [0.1, 0.15) is 13.3 Å². The number of aliphatic hydroxyl groups is 1. The van der Waals surface area contributed by atoms with E-state index in [2.05, 4.69) is 0 Å². The molecule has 0 bridgehead atoms. The van der Waals surface area contributed by atoms with Gasteiger partial charge >= 0.3 is 0 Å². The van der Waals surface area contributed by atoms with E-state index in [1.807, 2.05) is 0 Å². The van der Waals surface area contributed by atoms with Crippen LogP contribution < -0.4 is 5.06 Å². The second-order valence-electron chi connectivity index (χ2n) is 3.61. The van der Waals surface area contributed by atoms with Gasteiger partial charge in [-0.05, 0) is 31.2 Å². The van der Waals surface area contributed by atoms with Crippen LogP contribution in [0.15, 0.2) is 24.3 Å². The van der Waals surface area contributed by atoms with Crippen LogP contribution in [0.2, 0.25) is 5.02 Å². The molecule has 4 nitrogen and oxygen atoms in total. The Kier molecular flexibility index (Phi) is 2.42. The Hall–Kier alpha value is -1.10. The lowest BCUT2D eigenvalue weighted by atomic mass is 10.2. The van der Waals surface area contributed by atoms with Gasteiger partial charge in [-0.15, -0.1) is 0 Å². The van der Waals surface area contributed by atoms with Gasteiger partial charge in [0.2, 0.25) is 0 Å². The van der Waals surface area contributed by atoms with Gasteiger partial charge in [0, 0.05) is 5.02 Å². The lowest BCUT2D eigenvalue weighted by molar-refractivity contribution is -0.163. The molecule has 1 unspecified atom stereocenters. The van der Waals surface area contributed by atoms with Crippen LogP contribution in [0.3, 0.4) is 0 Å². The monoisotopic (exact) mass is 227 g/mol. The van der Waals surface area contributed by atoms with Crippen molar-refractivity contribution >= 4 is 23.2 Å². The molecule has 0 aromatic heterocycles. The van der Waals surface area contributed by atoms with E-state index in [9.17, 15) is 9.90 Å². The molecule has 1 aliphatic heterocycles. The van der Waals surface area contributed by atoms with Gasteiger partial charge in [0.25, 0.3) is 5.91 Å². The molecule has 5 heteroatoms. The fraction of sp³-hybridized carbons (Fsp3) is 0.300. The highest BCUT2D eigenvalue weighted by Gasteiger charge is 2.40. The van der Waals surface area contributed by atoms with Crippen molar-refractivity contribution in [2.45, 2.75) is 19.1 Å². The summed E-state index contributed by atoms with van der Waals surface area (Å²) in [5.41, 5.74) is 0.558. The van der Waals surface area contributed by atoms with E-state index in [1.165, 1.54) is 6.92 Å². The zero-order valence-electron chi connectivity index (χ0n) is 8.11. The van der Waals surface area contributed by atoms with Crippen LogP contribution in [-0.4, -0.2) is 16.8 Å². The van der Waals surface area contributed by atoms with Crippen LogP contribution in [0.5, 0.6) is 0 Å². The summed E-state index contributed by atoms with van der Waals surface area (Å²) >= 11 is 5.72. The van der Waals surface area contributed by atoms with Crippen molar-refractivity contribution in [1.82, 2.24) is 0 Å². The average molecular weight is 228 g/mol. The first kappa shape index (κ1) is 10.4. The molecule has 1 aromatic carbocycles. The van der Waals surface area contributed by atoms with Gasteiger partial charge in [0.15, 0.2) is 5.79 Å². The van der Waals surface area contributed by atoms with Gasteiger partial charge in [-0.1, -0.05) is 11.6 Å². The first-order valence-corrected chi connectivity index (χ1v) is 4.86. The Balaban J connectivity index is 2.25. The molecule has 2 rings (SSSR count). The predicted octanol–water partition coefficient (Wildman–Crippen LogP) is 1.72. The third-order valence-electron chi connectivity index (χ3n) is 2.05. The number of hydroxylamine groups is 1. The van der Waals surface area contributed by atoms with Gasteiger partial charge in [-0.3, -0.25) is 4.79 Å². The molecule has 80 valence electrons. The molecule has 0 saturated carbocycles. The molecule has 0 aliphatic carbocycles. The van der Waals surface area contributed by atoms with Crippen molar-refractivity contribution in [3.05, 3.63) is 29.3 Å². The Morgan fingerprint density at radius 1 is 1.47 bits per heavy atom.